The van der Waals surface area contributed by atoms with E-state index >= 15 is 0 Å². The van der Waals surface area contributed by atoms with Crippen LogP contribution in [-0.2, 0) is 9.59 Å². The van der Waals surface area contributed by atoms with Gasteiger partial charge in [0.1, 0.15) is 5.41 Å². The molecule has 0 spiro atoms. The third-order valence-corrected chi connectivity index (χ3v) is 6.33. The highest BCUT2D eigenvalue weighted by atomic mass is 16.2. The van der Waals surface area contributed by atoms with Crippen LogP contribution in [0.5, 0.6) is 0 Å². The number of piperidine rings is 1. The number of benzene rings is 1. The van der Waals surface area contributed by atoms with Crippen LogP contribution in [0.15, 0.2) is 30.3 Å². The first-order chi connectivity index (χ1) is 12.6. The summed E-state index contributed by atoms with van der Waals surface area (Å²) in [6.07, 6.45) is 3.59. The number of piperazine rings is 1. The predicted molar refractivity (Wildman–Crippen MR) is 102 cm³/mol. The second-order valence-corrected chi connectivity index (χ2v) is 8.17. The first kappa shape index (κ1) is 17.4. The largest absolute Gasteiger partial charge is 0.368 e. The van der Waals surface area contributed by atoms with Gasteiger partial charge in [-0.25, -0.2) is 0 Å². The summed E-state index contributed by atoms with van der Waals surface area (Å²) in [5.41, 5.74) is 0.481. The number of carbonyl (C=O) groups excluding carboxylic acids is 2. The Morgan fingerprint density at radius 2 is 1.38 bits per heavy atom. The molecule has 1 aliphatic carbocycles. The minimum Gasteiger partial charge on any atom is -0.368 e. The zero-order valence-corrected chi connectivity index (χ0v) is 15.7. The molecule has 0 aromatic heterocycles. The quantitative estimate of drug-likeness (QED) is 0.782. The fourth-order valence-electron chi connectivity index (χ4n) is 4.27. The summed E-state index contributed by atoms with van der Waals surface area (Å²) in [6.45, 7) is 6.96. The van der Waals surface area contributed by atoms with Gasteiger partial charge in [0.25, 0.3) is 0 Å². The summed E-state index contributed by atoms with van der Waals surface area (Å²) in [7, 11) is 0. The van der Waals surface area contributed by atoms with Crippen molar-refractivity contribution in [3.05, 3.63) is 30.3 Å². The third-order valence-electron chi connectivity index (χ3n) is 6.33. The number of likely N-dealkylation sites (tertiary alicyclic amines) is 1. The Morgan fingerprint density at radius 1 is 0.846 bits per heavy atom. The highest BCUT2D eigenvalue weighted by Gasteiger charge is 2.59. The zero-order valence-electron chi connectivity index (χ0n) is 15.7. The van der Waals surface area contributed by atoms with Crippen LogP contribution in [-0.4, -0.2) is 60.9 Å². The molecule has 4 rings (SSSR count). The summed E-state index contributed by atoms with van der Waals surface area (Å²) in [5, 5.41) is 0. The Labute approximate surface area is 155 Å². The van der Waals surface area contributed by atoms with Crippen LogP contribution in [0.25, 0.3) is 0 Å². The van der Waals surface area contributed by atoms with Gasteiger partial charge in [-0.05, 0) is 43.7 Å². The monoisotopic (exact) mass is 355 g/mol. The van der Waals surface area contributed by atoms with Crippen LogP contribution >= 0.6 is 0 Å². The first-order valence-electron chi connectivity index (χ1n) is 9.99. The van der Waals surface area contributed by atoms with Gasteiger partial charge in [-0.2, -0.15) is 0 Å². The van der Waals surface area contributed by atoms with Crippen molar-refractivity contribution < 1.29 is 9.59 Å². The van der Waals surface area contributed by atoms with E-state index in [1.807, 2.05) is 28.0 Å². The Kier molecular flexibility index (Phi) is 4.63. The molecule has 26 heavy (non-hydrogen) atoms. The number of carbonyl (C=O) groups is 2. The molecule has 0 atom stereocenters. The lowest BCUT2D eigenvalue weighted by atomic mass is 9.96. The first-order valence-corrected chi connectivity index (χ1v) is 9.99. The predicted octanol–water partition coefficient (Wildman–Crippen LogP) is 2.37. The number of rotatable bonds is 3. The van der Waals surface area contributed by atoms with Crippen molar-refractivity contribution in [2.75, 3.05) is 44.2 Å². The van der Waals surface area contributed by atoms with Gasteiger partial charge in [-0.15, -0.1) is 0 Å². The molecule has 2 aliphatic heterocycles. The Morgan fingerprint density at radius 3 is 1.92 bits per heavy atom. The molecule has 2 saturated heterocycles. The summed E-state index contributed by atoms with van der Waals surface area (Å²) in [5.74, 6) is 0.865. The van der Waals surface area contributed by atoms with Gasteiger partial charge < -0.3 is 14.7 Å². The van der Waals surface area contributed by atoms with Gasteiger partial charge >= 0.3 is 0 Å². The normalized spacial score (nSPS) is 23.0. The Hall–Kier alpha value is -2.04. The number of hydrogen-bond donors (Lipinski definition) is 0. The van der Waals surface area contributed by atoms with Gasteiger partial charge in [0.05, 0.1) is 0 Å². The molecule has 5 heteroatoms. The molecule has 0 bridgehead atoms. The fourth-order valence-corrected chi connectivity index (χ4v) is 4.27. The van der Waals surface area contributed by atoms with Gasteiger partial charge in [0.2, 0.25) is 11.8 Å². The van der Waals surface area contributed by atoms with Crippen molar-refractivity contribution >= 4 is 17.5 Å². The van der Waals surface area contributed by atoms with Gasteiger partial charge in [-0.3, -0.25) is 9.59 Å². The second kappa shape index (κ2) is 6.93. The Bertz CT molecular complexity index is 655. The molecule has 5 nitrogen and oxygen atoms in total. The van der Waals surface area contributed by atoms with Gasteiger partial charge in [0, 0.05) is 45.0 Å². The maximum atomic E-state index is 13.1. The van der Waals surface area contributed by atoms with E-state index < -0.39 is 5.41 Å². The average molecular weight is 355 g/mol. The molecule has 2 heterocycles. The molecule has 0 N–H and O–H groups in total. The van der Waals surface area contributed by atoms with E-state index in [4.69, 9.17) is 0 Å². The minimum atomic E-state index is -0.727. The third kappa shape index (κ3) is 3.19. The summed E-state index contributed by atoms with van der Waals surface area (Å²) in [4.78, 5) is 32.4. The van der Waals surface area contributed by atoms with Crippen molar-refractivity contribution in [3.63, 3.8) is 0 Å². The van der Waals surface area contributed by atoms with E-state index in [2.05, 4.69) is 24.0 Å². The maximum Gasteiger partial charge on any atom is 0.238 e. The molecule has 3 aliphatic rings. The van der Waals surface area contributed by atoms with E-state index in [0.717, 1.165) is 51.9 Å². The number of nitrogens with zero attached hydrogens (tertiary/aromatic N) is 3. The number of amides is 2. The SMILES string of the molecule is CC1CCN(C(=O)C2(C(=O)N3CCN(c4ccccc4)CC3)CC2)CC1. The van der Waals surface area contributed by atoms with Gasteiger partial charge in [0.15, 0.2) is 0 Å². The van der Waals surface area contributed by atoms with Crippen molar-refractivity contribution in [2.45, 2.75) is 32.6 Å². The lowest BCUT2D eigenvalue weighted by molar-refractivity contribution is -0.150. The van der Waals surface area contributed by atoms with Crippen LogP contribution in [0.1, 0.15) is 32.6 Å². The number of hydrogen-bond acceptors (Lipinski definition) is 3. The zero-order chi connectivity index (χ0) is 18.1. The number of anilines is 1. The van der Waals surface area contributed by atoms with Gasteiger partial charge in [-0.1, -0.05) is 25.1 Å². The molecule has 1 saturated carbocycles. The topological polar surface area (TPSA) is 43.9 Å². The van der Waals surface area contributed by atoms with Crippen LogP contribution < -0.4 is 4.90 Å². The van der Waals surface area contributed by atoms with Crippen molar-refractivity contribution in [1.29, 1.82) is 0 Å². The molecule has 2 amide bonds. The number of para-hydroxylation sites is 1. The molecule has 1 aromatic carbocycles. The van der Waals surface area contributed by atoms with Crippen molar-refractivity contribution in [2.24, 2.45) is 11.3 Å². The smallest absolute Gasteiger partial charge is 0.238 e. The average Bonchev–Trinajstić information content (AvgIpc) is 3.50. The van der Waals surface area contributed by atoms with E-state index in [1.165, 1.54) is 5.69 Å². The lowest BCUT2D eigenvalue weighted by Crippen LogP contribution is -2.54. The second-order valence-electron chi connectivity index (χ2n) is 8.17. The summed E-state index contributed by atoms with van der Waals surface area (Å²) >= 11 is 0. The molecule has 0 unspecified atom stereocenters. The van der Waals surface area contributed by atoms with E-state index in [-0.39, 0.29) is 11.8 Å². The molecular weight excluding hydrogens is 326 g/mol. The van der Waals surface area contributed by atoms with Crippen molar-refractivity contribution in [1.82, 2.24) is 9.80 Å². The van der Waals surface area contributed by atoms with E-state index in [0.29, 0.717) is 19.0 Å². The van der Waals surface area contributed by atoms with E-state index in [1.54, 1.807) is 0 Å². The maximum absolute atomic E-state index is 13.1. The highest BCUT2D eigenvalue weighted by molar-refractivity contribution is 6.08. The molecule has 0 radical (unpaired) electrons. The lowest BCUT2D eigenvalue weighted by Gasteiger charge is -2.39. The molecule has 140 valence electrons. The van der Waals surface area contributed by atoms with Crippen LogP contribution in [0.2, 0.25) is 0 Å². The van der Waals surface area contributed by atoms with Crippen molar-refractivity contribution in [3.8, 4) is 0 Å². The standard InChI is InChI=1S/C21H29N3O2/c1-17-7-11-23(12-8-17)19(25)21(9-10-21)20(26)24-15-13-22(14-16-24)18-5-3-2-4-6-18/h2-6,17H,7-16H2,1H3. The highest BCUT2D eigenvalue weighted by Crippen LogP contribution is 2.49. The summed E-state index contributed by atoms with van der Waals surface area (Å²) in [6, 6.07) is 10.3. The van der Waals surface area contributed by atoms with Crippen LogP contribution in [0.3, 0.4) is 0 Å². The fraction of sp³-hybridized carbons (Fsp3) is 0.619. The summed E-state index contributed by atoms with van der Waals surface area (Å²) < 4.78 is 0. The minimum absolute atomic E-state index is 0.0776. The molecule has 3 fully saturated rings. The molecule has 1 aromatic rings. The van der Waals surface area contributed by atoms with Crippen LogP contribution in [0, 0.1) is 11.3 Å². The molecular formula is C21H29N3O2. The van der Waals surface area contributed by atoms with E-state index in [9.17, 15) is 9.59 Å². The Balaban J connectivity index is 1.36. The van der Waals surface area contributed by atoms with Crippen LogP contribution in [0.4, 0.5) is 5.69 Å².